The molecule has 0 aromatic rings. The summed E-state index contributed by atoms with van der Waals surface area (Å²) < 4.78 is 5.29. The molecule has 0 aromatic heterocycles. The molecule has 1 aliphatic heterocycles. The number of carboxylic acids is 1. The Balaban J connectivity index is 2.07. The van der Waals surface area contributed by atoms with Crippen molar-refractivity contribution in [2.75, 3.05) is 20.1 Å². The van der Waals surface area contributed by atoms with Crippen molar-refractivity contribution in [1.82, 2.24) is 10.6 Å². The summed E-state index contributed by atoms with van der Waals surface area (Å²) in [6.45, 7) is 1.18. The fourth-order valence-electron chi connectivity index (χ4n) is 1.63. The number of carbonyl (C=O) groups excluding carboxylic acids is 1. The van der Waals surface area contributed by atoms with Crippen molar-refractivity contribution in [1.29, 1.82) is 0 Å². The van der Waals surface area contributed by atoms with Gasteiger partial charge < -0.3 is 20.5 Å². The van der Waals surface area contributed by atoms with Crippen LogP contribution < -0.4 is 10.6 Å². The molecule has 2 atom stereocenters. The Morgan fingerprint density at radius 3 is 2.75 bits per heavy atom. The Morgan fingerprint density at radius 1 is 1.44 bits per heavy atom. The van der Waals surface area contributed by atoms with Crippen molar-refractivity contribution >= 4 is 11.9 Å². The first-order valence-corrected chi connectivity index (χ1v) is 5.43. The van der Waals surface area contributed by atoms with E-state index in [-0.39, 0.29) is 12.0 Å². The average Bonchev–Trinajstić information content (AvgIpc) is 2.72. The lowest BCUT2D eigenvalue weighted by Gasteiger charge is -2.11. The zero-order valence-electron chi connectivity index (χ0n) is 9.36. The number of hydrogen-bond donors (Lipinski definition) is 3. The molecule has 1 heterocycles. The lowest BCUT2D eigenvalue weighted by molar-refractivity contribution is -0.149. The molecule has 0 radical (unpaired) electrons. The fraction of sp³-hybridized carbons (Fsp3) is 0.800. The Hall–Kier alpha value is -1.14. The predicted octanol–water partition coefficient (Wildman–Crippen LogP) is -0.656. The highest BCUT2D eigenvalue weighted by Gasteiger charge is 2.29. The van der Waals surface area contributed by atoms with E-state index in [1.807, 2.05) is 0 Å². The topological polar surface area (TPSA) is 87.7 Å². The molecular formula is C10H18N2O4. The van der Waals surface area contributed by atoms with Gasteiger partial charge in [0.1, 0.15) is 0 Å². The molecule has 0 aromatic carbocycles. The van der Waals surface area contributed by atoms with Gasteiger partial charge in [-0.15, -0.1) is 0 Å². The smallest absolute Gasteiger partial charge is 0.332 e. The summed E-state index contributed by atoms with van der Waals surface area (Å²) in [5.74, 6) is -0.906. The Kier molecular flexibility index (Phi) is 5.21. The Bertz CT molecular complexity index is 257. The van der Waals surface area contributed by atoms with Crippen LogP contribution in [0.5, 0.6) is 0 Å². The first kappa shape index (κ1) is 12.9. The molecule has 92 valence electrons. The van der Waals surface area contributed by atoms with E-state index in [1.165, 1.54) is 0 Å². The number of amides is 1. The molecule has 6 nitrogen and oxygen atoms in total. The maximum absolute atomic E-state index is 10.9. The van der Waals surface area contributed by atoms with Crippen LogP contribution in [0.1, 0.15) is 19.3 Å². The third kappa shape index (κ3) is 4.16. The number of carbonyl (C=O) groups is 2. The molecule has 16 heavy (non-hydrogen) atoms. The fourth-order valence-corrected chi connectivity index (χ4v) is 1.63. The Morgan fingerprint density at radius 2 is 2.19 bits per heavy atom. The molecule has 1 saturated heterocycles. The van der Waals surface area contributed by atoms with E-state index < -0.39 is 12.1 Å². The van der Waals surface area contributed by atoms with Crippen LogP contribution in [0.25, 0.3) is 0 Å². The van der Waals surface area contributed by atoms with Crippen LogP contribution in [0.4, 0.5) is 0 Å². The summed E-state index contributed by atoms with van der Waals surface area (Å²) in [7, 11) is 1.60. The number of nitrogens with one attached hydrogen (secondary N) is 2. The second-order valence-electron chi connectivity index (χ2n) is 3.79. The van der Waals surface area contributed by atoms with Crippen molar-refractivity contribution in [2.45, 2.75) is 31.5 Å². The van der Waals surface area contributed by atoms with Crippen molar-refractivity contribution in [3.05, 3.63) is 0 Å². The van der Waals surface area contributed by atoms with E-state index in [4.69, 9.17) is 9.84 Å². The third-order valence-corrected chi connectivity index (χ3v) is 2.56. The SMILES string of the molecule is CNC(=O)CCNCC1CCC(C(=O)O)O1. The van der Waals surface area contributed by atoms with E-state index >= 15 is 0 Å². The largest absolute Gasteiger partial charge is 0.479 e. The molecule has 0 saturated carbocycles. The van der Waals surface area contributed by atoms with Crippen molar-refractivity contribution in [2.24, 2.45) is 0 Å². The van der Waals surface area contributed by atoms with Gasteiger partial charge in [-0.3, -0.25) is 4.79 Å². The summed E-state index contributed by atoms with van der Waals surface area (Å²) >= 11 is 0. The second-order valence-corrected chi connectivity index (χ2v) is 3.79. The Labute approximate surface area is 94.3 Å². The van der Waals surface area contributed by atoms with Gasteiger partial charge in [-0.1, -0.05) is 0 Å². The molecule has 1 aliphatic rings. The first-order valence-electron chi connectivity index (χ1n) is 5.43. The van der Waals surface area contributed by atoms with Crippen LogP contribution >= 0.6 is 0 Å². The number of ether oxygens (including phenoxy) is 1. The van der Waals surface area contributed by atoms with Gasteiger partial charge >= 0.3 is 5.97 Å². The summed E-state index contributed by atoms with van der Waals surface area (Å²) in [6.07, 6.45) is 1.03. The van der Waals surface area contributed by atoms with E-state index in [0.717, 1.165) is 6.42 Å². The molecular weight excluding hydrogens is 212 g/mol. The van der Waals surface area contributed by atoms with Gasteiger partial charge in [0.15, 0.2) is 6.10 Å². The predicted molar refractivity (Wildman–Crippen MR) is 57.1 cm³/mol. The van der Waals surface area contributed by atoms with Gasteiger partial charge in [-0.2, -0.15) is 0 Å². The van der Waals surface area contributed by atoms with Gasteiger partial charge in [0.25, 0.3) is 0 Å². The maximum atomic E-state index is 10.9. The van der Waals surface area contributed by atoms with Gasteiger partial charge in [0.2, 0.25) is 5.91 Å². The molecule has 2 unspecified atom stereocenters. The zero-order valence-corrected chi connectivity index (χ0v) is 9.36. The monoisotopic (exact) mass is 230 g/mol. The molecule has 0 spiro atoms. The normalized spacial score (nSPS) is 24.3. The van der Waals surface area contributed by atoms with Gasteiger partial charge in [0.05, 0.1) is 6.10 Å². The number of hydrogen-bond acceptors (Lipinski definition) is 4. The van der Waals surface area contributed by atoms with Crippen LogP contribution in [0, 0.1) is 0 Å². The quantitative estimate of drug-likeness (QED) is 0.527. The number of aliphatic carboxylic acids is 1. The highest BCUT2D eigenvalue weighted by Crippen LogP contribution is 2.18. The maximum Gasteiger partial charge on any atom is 0.332 e. The molecule has 6 heteroatoms. The summed E-state index contributed by atoms with van der Waals surface area (Å²) in [5, 5.41) is 14.3. The van der Waals surface area contributed by atoms with E-state index in [1.54, 1.807) is 7.05 Å². The minimum atomic E-state index is -0.895. The van der Waals surface area contributed by atoms with E-state index in [9.17, 15) is 9.59 Å². The number of carboxylic acid groups (broad SMARTS) is 1. The van der Waals surface area contributed by atoms with Crippen LogP contribution in [0.15, 0.2) is 0 Å². The molecule has 1 amide bonds. The van der Waals surface area contributed by atoms with Gasteiger partial charge in [0, 0.05) is 26.6 Å². The molecule has 1 fully saturated rings. The average molecular weight is 230 g/mol. The molecule has 1 rings (SSSR count). The van der Waals surface area contributed by atoms with Crippen LogP contribution in [0.2, 0.25) is 0 Å². The zero-order chi connectivity index (χ0) is 12.0. The highest BCUT2D eigenvalue weighted by molar-refractivity contribution is 5.75. The van der Waals surface area contributed by atoms with E-state index in [2.05, 4.69) is 10.6 Å². The molecule has 3 N–H and O–H groups in total. The molecule has 0 bridgehead atoms. The number of rotatable bonds is 6. The standard InChI is InChI=1S/C10H18N2O4/c1-11-9(13)4-5-12-6-7-2-3-8(16-7)10(14)15/h7-8,12H,2-6H2,1H3,(H,11,13)(H,14,15). The van der Waals surface area contributed by atoms with Crippen LogP contribution in [-0.4, -0.2) is 49.3 Å². The lowest BCUT2D eigenvalue weighted by Crippen LogP contribution is -2.31. The van der Waals surface area contributed by atoms with Crippen LogP contribution in [0.3, 0.4) is 0 Å². The minimum absolute atomic E-state index is 0.0109. The van der Waals surface area contributed by atoms with Crippen molar-refractivity contribution < 1.29 is 19.4 Å². The van der Waals surface area contributed by atoms with Crippen molar-refractivity contribution in [3.8, 4) is 0 Å². The van der Waals surface area contributed by atoms with Crippen molar-refractivity contribution in [3.63, 3.8) is 0 Å². The first-order chi connectivity index (χ1) is 7.63. The summed E-state index contributed by atoms with van der Waals surface area (Å²) in [5.41, 5.74) is 0. The van der Waals surface area contributed by atoms with Crippen LogP contribution in [-0.2, 0) is 14.3 Å². The summed E-state index contributed by atoms with van der Waals surface area (Å²) in [4.78, 5) is 21.5. The van der Waals surface area contributed by atoms with E-state index in [0.29, 0.717) is 25.9 Å². The lowest BCUT2D eigenvalue weighted by atomic mass is 10.2. The second kappa shape index (κ2) is 6.44. The van der Waals surface area contributed by atoms with Gasteiger partial charge in [-0.05, 0) is 12.8 Å². The minimum Gasteiger partial charge on any atom is -0.479 e. The highest BCUT2D eigenvalue weighted by atomic mass is 16.5. The third-order valence-electron chi connectivity index (χ3n) is 2.56. The summed E-state index contributed by atoms with van der Waals surface area (Å²) in [6, 6.07) is 0. The van der Waals surface area contributed by atoms with Gasteiger partial charge in [-0.25, -0.2) is 4.79 Å². The molecule has 0 aliphatic carbocycles.